The van der Waals surface area contributed by atoms with Crippen LogP contribution < -0.4 is 10.6 Å². The van der Waals surface area contributed by atoms with Crippen molar-refractivity contribution in [1.29, 1.82) is 0 Å². The van der Waals surface area contributed by atoms with Gasteiger partial charge in [-0.15, -0.1) is 0 Å². The zero-order chi connectivity index (χ0) is 24.9. The molecule has 1 unspecified atom stereocenters. The molecule has 2 aromatic rings. The molecule has 1 fully saturated rings. The van der Waals surface area contributed by atoms with E-state index < -0.39 is 36.2 Å². The highest BCUT2D eigenvalue weighted by molar-refractivity contribution is 5.84. The second-order valence-electron chi connectivity index (χ2n) is 9.30. The summed E-state index contributed by atoms with van der Waals surface area (Å²) in [5.41, 5.74) is 4.56. The number of benzene rings is 2. The van der Waals surface area contributed by atoms with E-state index in [1.807, 2.05) is 24.3 Å². The van der Waals surface area contributed by atoms with Gasteiger partial charge in [0.1, 0.15) is 6.61 Å². The number of fused-ring (bicyclic) bond motifs is 3. The third-order valence-electron chi connectivity index (χ3n) is 7.19. The monoisotopic (exact) mass is 480 g/mol. The van der Waals surface area contributed by atoms with Crippen molar-refractivity contribution >= 4 is 18.0 Å². The minimum Gasteiger partial charge on any atom is -0.480 e. The summed E-state index contributed by atoms with van der Waals surface area (Å²) in [5, 5.41) is 14.8. The van der Waals surface area contributed by atoms with Crippen LogP contribution in [0.1, 0.15) is 49.7 Å². The number of alkyl carbamates (subject to hydrolysis) is 1. The molecule has 3 N–H and O–H groups in total. The summed E-state index contributed by atoms with van der Waals surface area (Å²) in [6.07, 6.45) is 1.56. The zero-order valence-corrected chi connectivity index (χ0v) is 20.0. The molecule has 2 aromatic carbocycles. The number of carboxylic acids is 1. The van der Waals surface area contributed by atoms with Gasteiger partial charge in [-0.25, -0.2) is 9.59 Å². The maximum absolute atomic E-state index is 12.8. The summed E-state index contributed by atoms with van der Waals surface area (Å²) in [6, 6.07) is 14.7. The van der Waals surface area contributed by atoms with Crippen LogP contribution in [0.25, 0.3) is 11.1 Å². The van der Waals surface area contributed by atoms with Gasteiger partial charge in [0.15, 0.2) is 6.04 Å². The van der Waals surface area contributed by atoms with E-state index in [2.05, 4.69) is 34.9 Å². The first-order chi connectivity index (χ1) is 16.9. The maximum atomic E-state index is 12.8. The fraction of sp³-hybridized carbons (Fsp3) is 0.444. The van der Waals surface area contributed by atoms with Crippen LogP contribution >= 0.6 is 0 Å². The van der Waals surface area contributed by atoms with Gasteiger partial charge in [0.05, 0.1) is 6.10 Å². The van der Waals surface area contributed by atoms with Crippen molar-refractivity contribution in [3.63, 3.8) is 0 Å². The highest BCUT2D eigenvalue weighted by Crippen LogP contribution is 2.44. The predicted octanol–water partition coefficient (Wildman–Crippen LogP) is 3.69. The Morgan fingerprint density at radius 1 is 1.00 bits per heavy atom. The van der Waals surface area contributed by atoms with Gasteiger partial charge < -0.3 is 25.2 Å². The van der Waals surface area contributed by atoms with E-state index in [1.165, 1.54) is 7.11 Å². The molecule has 0 spiro atoms. The van der Waals surface area contributed by atoms with Gasteiger partial charge in [-0.05, 0) is 47.9 Å². The second kappa shape index (κ2) is 10.9. The average Bonchev–Trinajstić information content (AvgIpc) is 3.13. The number of nitrogens with one attached hydrogen (secondary N) is 2. The lowest BCUT2D eigenvalue weighted by Gasteiger charge is -2.34. The lowest BCUT2D eigenvalue weighted by molar-refractivity contribution is -0.145. The molecular formula is C27H32N2O6. The molecule has 8 heteroatoms. The average molecular weight is 481 g/mol. The number of aliphatic carboxylic acids is 1. The van der Waals surface area contributed by atoms with Crippen molar-refractivity contribution in [3.05, 3.63) is 59.7 Å². The van der Waals surface area contributed by atoms with Crippen LogP contribution in [0.5, 0.6) is 0 Å². The summed E-state index contributed by atoms with van der Waals surface area (Å²) >= 11 is 0. The summed E-state index contributed by atoms with van der Waals surface area (Å²) < 4.78 is 10.7. The lowest BCUT2D eigenvalue weighted by atomic mass is 9.78. The van der Waals surface area contributed by atoms with Crippen molar-refractivity contribution < 1.29 is 29.0 Å². The molecule has 2 aliphatic rings. The highest BCUT2D eigenvalue weighted by atomic mass is 16.5. The van der Waals surface area contributed by atoms with Crippen molar-refractivity contribution in [2.75, 3.05) is 13.7 Å². The van der Waals surface area contributed by atoms with Gasteiger partial charge in [0.2, 0.25) is 5.91 Å². The molecule has 35 heavy (non-hydrogen) atoms. The molecule has 2 amide bonds. The van der Waals surface area contributed by atoms with E-state index in [9.17, 15) is 19.5 Å². The Kier molecular flexibility index (Phi) is 7.70. The molecule has 3 atom stereocenters. The first kappa shape index (κ1) is 24.7. The maximum Gasteiger partial charge on any atom is 0.407 e. The highest BCUT2D eigenvalue weighted by Gasteiger charge is 2.34. The van der Waals surface area contributed by atoms with Gasteiger partial charge >= 0.3 is 12.1 Å². The van der Waals surface area contributed by atoms with Gasteiger partial charge in [-0.3, -0.25) is 4.79 Å². The molecule has 0 aliphatic heterocycles. The van der Waals surface area contributed by atoms with Crippen LogP contribution in [-0.4, -0.2) is 55.0 Å². The Hall–Kier alpha value is -3.39. The molecule has 0 heterocycles. The van der Waals surface area contributed by atoms with Gasteiger partial charge in [-0.1, -0.05) is 55.0 Å². The van der Waals surface area contributed by atoms with Gasteiger partial charge in [0, 0.05) is 25.5 Å². The summed E-state index contributed by atoms with van der Waals surface area (Å²) in [4.78, 5) is 36.9. The number of carbonyl (C=O) groups is 3. The quantitative estimate of drug-likeness (QED) is 0.478. The van der Waals surface area contributed by atoms with Crippen LogP contribution in [0.2, 0.25) is 0 Å². The molecule has 0 bridgehead atoms. The minimum atomic E-state index is -1.17. The molecular weight excluding hydrogens is 448 g/mol. The smallest absolute Gasteiger partial charge is 0.407 e. The Bertz CT molecular complexity index is 1040. The van der Waals surface area contributed by atoms with E-state index in [0.29, 0.717) is 0 Å². The van der Waals surface area contributed by atoms with Crippen LogP contribution in [0.15, 0.2) is 48.5 Å². The number of methoxy groups -OCH3 is 1. The third kappa shape index (κ3) is 5.48. The second-order valence-corrected chi connectivity index (χ2v) is 9.30. The van der Waals surface area contributed by atoms with Crippen molar-refractivity contribution in [1.82, 2.24) is 10.6 Å². The number of ether oxygens (including phenoxy) is 2. The van der Waals surface area contributed by atoms with Crippen LogP contribution in [0.3, 0.4) is 0 Å². The van der Waals surface area contributed by atoms with E-state index in [4.69, 9.17) is 9.47 Å². The predicted molar refractivity (Wildman–Crippen MR) is 130 cm³/mol. The van der Waals surface area contributed by atoms with Gasteiger partial charge in [-0.2, -0.15) is 0 Å². The molecule has 1 saturated carbocycles. The van der Waals surface area contributed by atoms with E-state index in [0.717, 1.165) is 41.5 Å². The van der Waals surface area contributed by atoms with Crippen LogP contribution in [-0.2, 0) is 19.1 Å². The van der Waals surface area contributed by atoms with E-state index in [-0.39, 0.29) is 24.9 Å². The summed E-state index contributed by atoms with van der Waals surface area (Å²) in [7, 11) is 1.39. The van der Waals surface area contributed by atoms with Crippen LogP contribution in [0, 0.1) is 5.92 Å². The molecule has 4 rings (SSSR count). The number of carboxylic acid groups (broad SMARTS) is 1. The first-order valence-corrected chi connectivity index (χ1v) is 12.1. The number of hydrogen-bond donors (Lipinski definition) is 3. The third-order valence-corrected chi connectivity index (χ3v) is 7.19. The van der Waals surface area contributed by atoms with Crippen molar-refractivity contribution in [2.45, 2.75) is 56.7 Å². The topological polar surface area (TPSA) is 114 Å². The number of carbonyl (C=O) groups excluding carboxylic acids is 2. The zero-order valence-electron chi connectivity index (χ0n) is 20.0. The normalized spacial score (nSPS) is 17.3. The Balaban J connectivity index is 1.37. The van der Waals surface area contributed by atoms with E-state index in [1.54, 1.807) is 6.92 Å². The van der Waals surface area contributed by atoms with E-state index >= 15 is 0 Å². The molecule has 8 nitrogen and oxygen atoms in total. The molecule has 0 aromatic heterocycles. The first-order valence-electron chi connectivity index (χ1n) is 12.1. The largest absolute Gasteiger partial charge is 0.480 e. The number of amides is 2. The van der Waals surface area contributed by atoms with Crippen molar-refractivity contribution in [2.24, 2.45) is 5.92 Å². The Labute approximate surface area is 205 Å². The minimum absolute atomic E-state index is 0.0188. The SMILES string of the molecule is CO[C@H](C)[C@H](NC(=O)CC(NC(=O)OCC1c2ccccc2-c2ccccc21)C1CCC1)C(=O)O. The Morgan fingerprint density at radius 2 is 1.60 bits per heavy atom. The van der Waals surface area contributed by atoms with Gasteiger partial charge in [0.25, 0.3) is 0 Å². The number of rotatable bonds is 10. The molecule has 2 aliphatic carbocycles. The van der Waals surface area contributed by atoms with Crippen molar-refractivity contribution in [3.8, 4) is 11.1 Å². The molecule has 186 valence electrons. The number of hydrogen-bond acceptors (Lipinski definition) is 5. The molecule has 0 saturated heterocycles. The fourth-order valence-electron chi connectivity index (χ4n) is 4.92. The molecule has 0 radical (unpaired) electrons. The Morgan fingerprint density at radius 3 is 2.11 bits per heavy atom. The summed E-state index contributed by atoms with van der Waals surface area (Å²) in [6.45, 7) is 1.77. The summed E-state index contributed by atoms with van der Waals surface area (Å²) in [5.74, 6) is -1.51. The standard InChI is InChI=1S/C27H32N2O6/c1-16(34-2)25(26(31)32)29-24(30)14-23(17-8-7-9-17)28-27(33)35-15-22-20-12-5-3-10-18(20)19-11-4-6-13-21(19)22/h3-6,10-13,16-17,22-23,25H,7-9,14-15H2,1-2H3,(H,28,33)(H,29,30)(H,31,32)/t16-,23?,25+/m1/s1. The van der Waals surface area contributed by atoms with Crippen LogP contribution in [0.4, 0.5) is 4.79 Å². The lowest BCUT2D eigenvalue weighted by Crippen LogP contribution is -2.51. The fourth-order valence-corrected chi connectivity index (χ4v) is 4.92.